The molecule has 0 aromatic carbocycles. The minimum atomic E-state index is -0.284. The van der Waals surface area contributed by atoms with Gasteiger partial charge >= 0.3 is 5.97 Å². The van der Waals surface area contributed by atoms with Crippen LogP contribution in [0, 0.1) is 9.85 Å². The van der Waals surface area contributed by atoms with Crippen LogP contribution in [-0.2, 0) is 11.3 Å². The maximum atomic E-state index is 11.3. The Morgan fingerprint density at radius 3 is 3.14 bits per heavy atom. The number of hydrogen-bond donors (Lipinski definition) is 0. The van der Waals surface area contributed by atoms with E-state index in [0.717, 1.165) is 0 Å². The van der Waals surface area contributed by atoms with Gasteiger partial charge in [-0.15, -0.1) is 0 Å². The Morgan fingerprint density at radius 1 is 1.71 bits per heavy atom. The summed E-state index contributed by atoms with van der Waals surface area (Å²) in [4.78, 5) is 11.3. The molecule has 0 aliphatic rings. The van der Waals surface area contributed by atoms with Crippen LogP contribution in [0.5, 0.6) is 0 Å². The third-order valence-electron chi connectivity index (χ3n) is 1.59. The highest BCUT2D eigenvalue weighted by atomic mass is 127. The largest absolute Gasteiger partial charge is 0.462 e. The Morgan fingerprint density at radius 2 is 2.50 bits per heavy atom. The van der Waals surface area contributed by atoms with Crippen LogP contribution in [0.4, 0.5) is 0 Å². The highest BCUT2D eigenvalue weighted by molar-refractivity contribution is 14.1. The molecule has 0 fully saturated rings. The van der Waals surface area contributed by atoms with Crippen LogP contribution in [0.25, 0.3) is 0 Å². The third-order valence-corrected chi connectivity index (χ3v) is 1.97. The van der Waals surface area contributed by atoms with E-state index in [1.807, 2.05) is 33.4 Å². The molecule has 0 saturated carbocycles. The summed E-state index contributed by atoms with van der Waals surface area (Å²) < 4.78 is 9.46. The van der Waals surface area contributed by atoms with Crippen molar-refractivity contribution >= 4 is 28.6 Å². The number of carbonyl (C=O) groups excluding carboxylic acids is 1. The predicted molar refractivity (Wildman–Crippen MR) is 62.2 cm³/mol. The van der Waals surface area contributed by atoms with Crippen LogP contribution in [0.3, 0.4) is 0 Å². The van der Waals surface area contributed by atoms with Gasteiger partial charge in [0.05, 0.1) is 18.7 Å². The molecule has 0 amide bonds. The fraction of sp³-hybridized carbons (Fsp3) is 0.300. The van der Waals surface area contributed by atoms with Crippen molar-refractivity contribution < 1.29 is 9.53 Å². The Bertz CT molecular complexity index is 373. The molecule has 0 aliphatic heterocycles. The van der Waals surface area contributed by atoms with E-state index in [1.54, 1.807) is 19.2 Å². The summed E-state index contributed by atoms with van der Waals surface area (Å²) in [5.74, 6) is 2.61. The zero-order valence-electron chi connectivity index (χ0n) is 7.79. The molecule has 74 valence electrons. The van der Waals surface area contributed by atoms with Gasteiger partial charge in [0.25, 0.3) is 0 Å². The fourth-order valence-electron chi connectivity index (χ4n) is 0.995. The first-order valence-corrected chi connectivity index (χ1v) is 5.27. The highest BCUT2D eigenvalue weighted by Gasteiger charge is 2.06. The zero-order chi connectivity index (χ0) is 10.4. The molecular weight excluding hydrogens is 293 g/mol. The summed E-state index contributed by atoms with van der Waals surface area (Å²) in [6.07, 6.45) is 3.55. The SMILES string of the molecule is CCOC(=O)c1ccn(CC#CI)c1. The number of hydrogen-bond acceptors (Lipinski definition) is 2. The van der Waals surface area contributed by atoms with Crippen molar-refractivity contribution in [2.75, 3.05) is 6.61 Å². The van der Waals surface area contributed by atoms with Crippen LogP contribution in [0.15, 0.2) is 18.5 Å². The van der Waals surface area contributed by atoms with Crippen molar-refractivity contribution in [1.82, 2.24) is 4.57 Å². The van der Waals surface area contributed by atoms with Crippen molar-refractivity contribution in [2.24, 2.45) is 0 Å². The van der Waals surface area contributed by atoms with E-state index >= 15 is 0 Å². The number of rotatable bonds is 3. The molecule has 0 saturated heterocycles. The standard InChI is InChI=1S/C10H10INO2/c1-2-14-10(13)9-4-7-12(8-9)6-3-5-11/h4,7-8H,2,6H2,1H3. The molecule has 14 heavy (non-hydrogen) atoms. The van der Waals surface area contributed by atoms with Crippen molar-refractivity contribution in [3.8, 4) is 9.85 Å². The number of aromatic nitrogens is 1. The van der Waals surface area contributed by atoms with Gasteiger partial charge in [0.1, 0.15) is 0 Å². The van der Waals surface area contributed by atoms with Gasteiger partial charge in [-0.3, -0.25) is 0 Å². The number of carbonyl (C=O) groups is 1. The molecule has 0 N–H and O–H groups in total. The van der Waals surface area contributed by atoms with Gasteiger partial charge in [0, 0.05) is 35.0 Å². The summed E-state index contributed by atoms with van der Waals surface area (Å²) in [5.41, 5.74) is 0.571. The van der Waals surface area contributed by atoms with E-state index < -0.39 is 0 Å². The molecule has 1 aromatic rings. The van der Waals surface area contributed by atoms with E-state index in [9.17, 15) is 4.79 Å². The minimum absolute atomic E-state index is 0.284. The molecule has 1 heterocycles. The summed E-state index contributed by atoms with van der Waals surface area (Å²) in [6.45, 7) is 2.79. The quantitative estimate of drug-likeness (QED) is 0.486. The lowest BCUT2D eigenvalue weighted by atomic mass is 10.3. The van der Waals surface area contributed by atoms with Crippen LogP contribution >= 0.6 is 22.6 Å². The Labute approximate surface area is 96.6 Å². The van der Waals surface area contributed by atoms with Gasteiger partial charge in [-0.25, -0.2) is 4.79 Å². The average molecular weight is 303 g/mol. The van der Waals surface area contributed by atoms with Gasteiger partial charge in [-0.1, -0.05) is 5.92 Å². The van der Waals surface area contributed by atoms with E-state index in [-0.39, 0.29) is 5.97 Å². The van der Waals surface area contributed by atoms with Crippen LogP contribution in [0.1, 0.15) is 17.3 Å². The number of halogens is 1. The smallest absolute Gasteiger partial charge is 0.339 e. The Hall–Kier alpha value is -0.960. The van der Waals surface area contributed by atoms with Crippen molar-refractivity contribution in [1.29, 1.82) is 0 Å². The van der Waals surface area contributed by atoms with Gasteiger partial charge < -0.3 is 9.30 Å². The number of esters is 1. The molecule has 0 bridgehead atoms. The first kappa shape index (κ1) is 11.1. The summed E-state index contributed by atoms with van der Waals surface area (Å²) in [6, 6.07) is 1.73. The summed E-state index contributed by atoms with van der Waals surface area (Å²) in [7, 11) is 0. The lowest BCUT2D eigenvalue weighted by Crippen LogP contribution is -2.03. The maximum absolute atomic E-state index is 11.3. The number of ether oxygens (including phenoxy) is 1. The normalized spacial score (nSPS) is 9.00. The second kappa shape index (κ2) is 5.70. The van der Waals surface area contributed by atoms with Gasteiger partial charge in [-0.2, -0.15) is 0 Å². The molecule has 1 rings (SSSR count). The number of nitrogens with zero attached hydrogens (tertiary/aromatic N) is 1. The van der Waals surface area contributed by atoms with Crippen molar-refractivity contribution in [3.05, 3.63) is 24.0 Å². The first-order valence-electron chi connectivity index (χ1n) is 4.19. The second-order valence-electron chi connectivity index (χ2n) is 2.56. The Balaban J connectivity index is 2.66. The molecule has 0 radical (unpaired) electrons. The van der Waals surface area contributed by atoms with E-state index in [0.29, 0.717) is 18.7 Å². The van der Waals surface area contributed by atoms with Gasteiger partial charge in [-0.05, 0) is 16.9 Å². The average Bonchev–Trinajstić information content (AvgIpc) is 2.63. The van der Waals surface area contributed by atoms with E-state index in [1.165, 1.54) is 0 Å². The molecule has 3 nitrogen and oxygen atoms in total. The Kier molecular flexibility index (Phi) is 4.53. The van der Waals surface area contributed by atoms with E-state index in [4.69, 9.17) is 4.74 Å². The molecule has 1 aromatic heterocycles. The molecule has 0 unspecified atom stereocenters. The predicted octanol–water partition coefficient (Wildman–Crippen LogP) is 2.06. The van der Waals surface area contributed by atoms with Crippen molar-refractivity contribution in [2.45, 2.75) is 13.5 Å². The summed E-state index contributed by atoms with van der Waals surface area (Å²) in [5, 5.41) is 0. The first-order chi connectivity index (χ1) is 6.77. The molecule has 0 aliphatic carbocycles. The van der Waals surface area contributed by atoms with Gasteiger partial charge in [0.15, 0.2) is 0 Å². The van der Waals surface area contributed by atoms with Crippen molar-refractivity contribution in [3.63, 3.8) is 0 Å². The van der Waals surface area contributed by atoms with Crippen LogP contribution in [-0.4, -0.2) is 17.1 Å². The topological polar surface area (TPSA) is 31.2 Å². The van der Waals surface area contributed by atoms with Crippen LogP contribution in [0.2, 0.25) is 0 Å². The molecular formula is C10H10INO2. The second-order valence-corrected chi connectivity index (χ2v) is 3.10. The summed E-state index contributed by atoms with van der Waals surface area (Å²) >= 11 is 1.98. The molecule has 0 spiro atoms. The molecule has 0 atom stereocenters. The van der Waals surface area contributed by atoms with E-state index in [2.05, 4.69) is 9.85 Å². The fourth-order valence-corrected chi connectivity index (χ4v) is 1.17. The van der Waals surface area contributed by atoms with Gasteiger partial charge in [0.2, 0.25) is 0 Å². The monoisotopic (exact) mass is 303 g/mol. The minimum Gasteiger partial charge on any atom is -0.462 e. The lowest BCUT2D eigenvalue weighted by molar-refractivity contribution is 0.0526. The zero-order valence-corrected chi connectivity index (χ0v) is 9.95. The maximum Gasteiger partial charge on any atom is 0.339 e. The third kappa shape index (κ3) is 3.07. The lowest BCUT2D eigenvalue weighted by Gasteiger charge is -1.97. The molecule has 4 heteroatoms. The van der Waals surface area contributed by atoms with Crippen LogP contribution < -0.4 is 0 Å². The highest BCUT2D eigenvalue weighted by Crippen LogP contribution is 2.03.